The molecule has 2 N–H and O–H groups in total. The lowest BCUT2D eigenvalue weighted by molar-refractivity contribution is 0.0647. The lowest BCUT2D eigenvalue weighted by atomic mass is 9.75. The smallest absolute Gasteiger partial charge is 0.0239 e. The van der Waals surface area contributed by atoms with Crippen molar-refractivity contribution in [1.82, 2.24) is 4.90 Å². The standard InChI is InChI=1S/C21H32N2/c22-20-9-5-4-8-17(20)14-18-10-11-19-12-13-21(18)23(19)15-16-6-2-1-3-7-16/h1-3,6-7,17-21H,4-5,8-15,22H2/t17-,18?,19?,20+,21?/m0/s1. The molecule has 1 saturated carbocycles. The number of nitrogens with two attached hydrogens (primary N) is 1. The van der Waals surface area contributed by atoms with Crippen LogP contribution in [0.15, 0.2) is 30.3 Å². The van der Waals surface area contributed by atoms with Crippen LogP contribution < -0.4 is 5.73 Å². The van der Waals surface area contributed by atoms with E-state index in [1.54, 1.807) is 0 Å². The molecule has 0 radical (unpaired) electrons. The molecule has 2 saturated heterocycles. The van der Waals surface area contributed by atoms with Gasteiger partial charge in [-0.15, -0.1) is 0 Å². The third-order valence-electron chi connectivity index (χ3n) is 6.89. The molecule has 0 spiro atoms. The Morgan fingerprint density at radius 3 is 2.48 bits per heavy atom. The zero-order valence-electron chi connectivity index (χ0n) is 14.4. The number of hydrogen-bond donors (Lipinski definition) is 1. The molecule has 2 nitrogen and oxygen atoms in total. The highest BCUT2D eigenvalue weighted by Gasteiger charge is 2.43. The minimum Gasteiger partial charge on any atom is -0.327 e. The van der Waals surface area contributed by atoms with Crippen LogP contribution >= 0.6 is 0 Å². The Bertz CT molecular complexity index is 500. The molecular weight excluding hydrogens is 280 g/mol. The Morgan fingerprint density at radius 2 is 1.65 bits per heavy atom. The Hall–Kier alpha value is -0.860. The molecule has 126 valence electrons. The Labute approximate surface area is 141 Å². The van der Waals surface area contributed by atoms with Gasteiger partial charge in [0.1, 0.15) is 0 Å². The summed E-state index contributed by atoms with van der Waals surface area (Å²) in [7, 11) is 0. The van der Waals surface area contributed by atoms with Gasteiger partial charge in [-0.1, -0.05) is 43.2 Å². The van der Waals surface area contributed by atoms with Crippen LogP contribution in [0.3, 0.4) is 0 Å². The SMILES string of the molecule is N[C@@H]1CCCC[C@H]1CC1CCC2CCC1N2Cc1ccccc1. The first kappa shape index (κ1) is 15.7. The summed E-state index contributed by atoms with van der Waals surface area (Å²) in [5.41, 5.74) is 7.92. The number of piperidine rings is 1. The largest absolute Gasteiger partial charge is 0.327 e. The summed E-state index contributed by atoms with van der Waals surface area (Å²) in [5.74, 6) is 1.69. The number of fused-ring (bicyclic) bond motifs is 2. The van der Waals surface area contributed by atoms with Crippen LogP contribution in [0, 0.1) is 11.8 Å². The monoisotopic (exact) mass is 312 g/mol. The first-order valence-corrected chi connectivity index (χ1v) is 9.86. The molecule has 5 atom stereocenters. The van der Waals surface area contributed by atoms with Crippen molar-refractivity contribution in [3.8, 4) is 0 Å². The minimum atomic E-state index is 0.477. The third-order valence-corrected chi connectivity index (χ3v) is 6.89. The van der Waals surface area contributed by atoms with Gasteiger partial charge >= 0.3 is 0 Å². The molecular formula is C21H32N2. The fourth-order valence-corrected chi connectivity index (χ4v) is 5.61. The lowest BCUT2D eigenvalue weighted by Crippen LogP contribution is -2.46. The van der Waals surface area contributed by atoms with Crippen molar-refractivity contribution in [2.75, 3.05) is 0 Å². The third kappa shape index (κ3) is 3.34. The summed E-state index contributed by atoms with van der Waals surface area (Å²) in [5, 5.41) is 0. The zero-order valence-corrected chi connectivity index (χ0v) is 14.4. The van der Waals surface area contributed by atoms with E-state index in [-0.39, 0.29) is 0 Å². The molecule has 3 aliphatic rings. The number of hydrogen-bond acceptors (Lipinski definition) is 2. The molecule has 1 aromatic carbocycles. The highest BCUT2D eigenvalue weighted by molar-refractivity contribution is 5.15. The van der Waals surface area contributed by atoms with Crippen molar-refractivity contribution in [3.05, 3.63) is 35.9 Å². The predicted molar refractivity (Wildman–Crippen MR) is 96.1 cm³/mol. The van der Waals surface area contributed by atoms with E-state index in [0.717, 1.165) is 30.5 Å². The van der Waals surface area contributed by atoms with E-state index in [9.17, 15) is 0 Å². The van der Waals surface area contributed by atoms with Crippen molar-refractivity contribution in [2.24, 2.45) is 17.6 Å². The van der Waals surface area contributed by atoms with Crippen LogP contribution in [-0.2, 0) is 6.54 Å². The molecule has 2 bridgehead atoms. The van der Waals surface area contributed by atoms with Crippen LogP contribution in [0.4, 0.5) is 0 Å². The normalized spacial score (nSPS) is 37.9. The number of benzene rings is 1. The first-order chi connectivity index (χ1) is 11.3. The van der Waals surface area contributed by atoms with Crippen molar-refractivity contribution in [1.29, 1.82) is 0 Å². The van der Waals surface area contributed by atoms with Crippen LogP contribution in [0.25, 0.3) is 0 Å². The number of nitrogens with zero attached hydrogens (tertiary/aromatic N) is 1. The molecule has 2 heterocycles. The van der Waals surface area contributed by atoms with Crippen molar-refractivity contribution in [3.63, 3.8) is 0 Å². The fourth-order valence-electron chi connectivity index (χ4n) is 5.61. The van der Waals surface area contributed by atoms with E-state index >= 15 is 0 Å². The van der Waals surface area contributed by atoms with Crippen LogP contribution in [0.5, 0.6) is 0 Å². The Balaban J connectivity index is 1.43. The van der Waals surface area contributed by atoms with Crippen LogP contribution in [-0.4, -0.2) is 23.0 Å². The summed E-state index contributed by atoms with van der Waals surface area (Å²) in [4.78, 5) is 2.85. The topological polar surface area (TPSA) is 29.3 Å². The second-order valence-electron chi connectivity index (χ2n) is 8.24. The second-order valence-corrected chi connectivity index (χ2v) is 8.24. The highest BCUT2D eigenvalue weighted by atomic mass is 15.2. The molecule has 0 aromatic heterocycles. The summed E-state index contributed by atoms with van der Waals surface area (Å²) in [6, 6.07) is 13.2. The molecule has 0 amide bonds. The molecule has 23 heavy (non-hydrogen) atoms. The summed E-state index contributed by atoms with van der Waals surface area (Å²) in [6.45, 7) is 1.16. The van der Waals surface area contributed by atoms with Gasteiger partial charge in [0.15, 0.2) is 0 Å². The van der Waals surface area contributed by atoms with Gasteiger partial charge in [0.05, 0.1) is 0 Å². The molecule has 1 aromatic rings. The first-order valence-electron chi connectivity index (χ1n) is 9.86. The summed E-state index contributed by atoms with van der Waals surface area (Å²) in [6.07, 6.45) is 12.5. The summed E-state index contributed by atoms with van der Waals surface area (Å²) >= 11 is 0. The van der Waals surface area contributed by atoms with Gasteiger partial charge in [-0.05, 0) is 62.3 Å². The molecule has 4 rings (SSSR count). The van der Waals surface area contributed by atoms with Crippen LogP contribution in [0.1, 0.15) is 63.4 Å². The van der Waals surface area contributed by atoms with Gasteiger partial charge in [0.2, 0.25) is 0 Å². The zero-order chi connectivity index (χ0) is 15.6. The molecule has 2 aliphatic heterocycles. The van der Waals surface area contributed by atoms with Crippen molar-refractivity contribution in [2.45, 2.75) is 82.5 Å². The average Bonchev–Trinajstić information content (AvgIpc) is 2.84. The predicted octanol–water partition coefficient (Wildman–Crippen LogP) is 4.34. The minimum absolute atomic E-state index is 0.477. The lowest BCUT2D eigenvalue weighted by Gasteiger charge is -2.42. The van der Waals surface area contributed by atoms with Crippen molar-refractivity contribution < 1.29 is 0 Å². The van der Waals surface area contributed by atoms with Crippen LogP contribution in [0.2, 0.25) is 0 Å². The van der Waals surface area contributed by atoms with Crippen molar-refractivity contribution >= 4 is 0 Å². The van der Waals surface area contributed by atoms with E-state index in [1.165, 1.54) is 63.4 Å². The molecule has 3 unspecified atom stereocenters. The average molecular weight is 313 g/mol. The highest BCUT2D eigenvalue weighted by Crippen LogP contribution is 2.43. The van der Waals surface area contributed by atoms with E-state index in [0.29, 0.717) is 6.04 Å². The molecule has 2 heteroatoms. The van der Waals surface area contributed by atoms with E-state index in [4.69, 9.17) is 5.73 Å². The van der Waals surface area contributed by atoms with E-state index in [2.05, 4.69) is 35.2 Å². The van der Waals surface area contributed by atoms with Gasteiger partial charge in [-0.3, -0.25) is 4.90 Å². The maximum absolute atomic E-state index is 6.44. The number of rotatable bonds is 4. The Morgan fingerprint density at radius 1 is 0.870 bits per heavy atom. The van der Waals surface area contributed by atoms with E-state index in [1.807, 2.05) is 0 Å². The van der Waals surface area contributed by atoms with Gasteiger partial charge in [0, 0.05) is 24.7 Å². The van der Waals surface area contributed by atoms with Gasteiger partial charge in [0.25, 0.3) is 0 Å². The van der Waals surface area contributed by atoms with Gasteiger partial charge in [-0.25, -0.2) is 0 Å². The second kappa shape index (κ2) is 6.94. The van der Waals surface area contributed by atoms with E-state index < -0.39 is 0 Å². The fraction of sp³-hybridized carbons (Fsp3) is 0.714. The molecule has 3 fully saturated rings. The summed E-state index contributed by atoms with van der Waals surface area (Å²) < 4.78 is 0. The molecule has 1 aliphatic carbocycles. The maximum Gasteiger partial charge on any atom is 0.0239 e. The maximum atomic E-state index is 6.44. The van der Waals surface area contributed by atoms with Gasteiger partial charge in [-0.2, -0.15) is 0 Å². The Kier molecular flexibility index (Phi) is 4.73. The van der Waals surface area contributed by atoms with Gasteiger partial charge < -0.3 is 5.73 Å². The quantitative estimate of drug-likeness (QED) is 0.896.